The highest BCUT2D eigenvalue weighted by Crippen LogP contribution is 2.33. The molecule has 0 unspecified atom stereocenters. The number of halogens is 3. The normalized spacial score (nSPS) is 11.3. The average Bonchev–Trinajstić information content (AvgIpc) is 2.78. The molecular weight excluding hydrogens is 474 g/mol. The van der Waals surface area contributed by atoms with Crippen LogP contribution in [0.25, 0.3) is 33.3 Å². The van der Waals surface area contributed by atoms with E-state index in [2.05, 4.69) is 4.98 Å². The monoisotopic (exact) mass is 492 g/mol. The fourth-order valence-corrected chi connectivity index (χ4v) is 3.91. The van der Waals surface area contributed by atoms with Crippen molar-refractivity contribution in [1.29, 1.82) is 5.26 Å². The maximum Gasteiger partial charge on any atom is 0.338 e. The summed E-state index contributed by atoms with van der Waals surface area (Å²) in [5.41, 5.74) is -0.891. The first-order valence-electron chi connectivity index (χ1n) is 10.6. The Kier molecular flexibility index (Phi) is 6.18. The second-order valence-corrected chi connectivity index (χ2v) is 9.31. The predicted octanol–water partition coefficient (Wildman–Crippen LogP) is 6.62. The molecular formula is C27H19ClF2N2O3. The van der Waals surface area contributed by atoms with Crippen molar-refractivity contribution in [3.8, 4) is 28.5 Å². The van der Waals surface area contributed by atoms with E-state index >= 15 is 8.78 Å². The lowest BCUT2D eigenvalue weighted by molar-refractivity contribution is 0.00695. The second-order valence-electron chi connectivity index (χ2n) is 8.91. The highest BCUT2D eigenvalue weighted by Gasteiger charge is 2.22. The van der Waals surface area contributed by atoms with Crippen molar-refractivity contribution in [1.82, 2.24) is 4.98 Å². The van der Waals surface area contributed by atoms with Gasteiger partial charge in [0.25, 0.3) is 0 Å². The molecule has 4 aromatic rings. The lowest BCUT2D eigenvalue weighted by Crippen LogP contribution is -2.23. The van der Waals surface area contributed by atoms with Crippen LogP contribution < -0.4 is 5.43 Å². The average molecular weight is 493 g/mol. The van der Waals surface area contributed by atoms with E-state index in [-0.39, 0.29) is 32.7 Å². The van der Waals surface area contributed by atoms with Gasteiger partial charge in [-0.3, -0.25) is 4.79 Å². The number of carbonyl (C=O) groups excluding carboxylic acids is 1. The number of aromatic nitrogens is 1. The Morgan fingerprint density at radius 3 is 2.51 bits per heavy atom. The number of nitriles is 1. The second kappa shape index (κ2) is 8.97. The van der Waals surface area contributed by atoms with Gasteiger partial charge in [-0.1, -0.05) is 23.7 Å². The molecule has 0 aliphatic heterocycles. The third-order valence-electron chi connectivity index (χ3n) is 5.18. The van der Waals surface area contributed by atoms with Crippen molar-refractivity contribution in [2.24, 2.45) is 0 Å². The van der Waals surface area contributed by atoms with Gasteiger partial charge in [0.2, 0.25) is 0 Å². The Morgan fingerprint density at radius 1 is 1.09 bits per heavy atom. The molecule has 0 saturated carbocycles. The molecule has 1 heterocycles. The van der Waals surface area contributed by atoms with Crippen molar-refractivity contribution in [3.63, 3.8) is 0 Å². The molecule has 0 saturated heterocycles. The molecule has 5 nitrogen and oxygen atoms in total. The van der Waals surface area contributed by atoms with E-state index in [9.17, 15) is 9.59 Å². The van der Waals surface area contributed by atoms with E-state index in [0.29, 0.717) is 11.1 Å². The molecule has 0 aliphatic rings. The molecule has 8 heteroatoms. The van der Waals surface area contributed by atoms with Crippen LogP contribution in [0.2, 0.25) is 5.02 Å². The summed E-state index contributed by atoms with van der Waals surface area (Å²) in [6.07, 6.45) is 0. The lowest BCUT2D eigenvalue weighted by Gasteiger charge is -2.19. The molecule has 0 fully saturated rings. The number of H-pyrrole nitrogens is 1. The Hall–Kier alpha value is -4.02. The maximum atomic E-state index is 15.6. The fraction of sp³-hybridized carbons (Fsp3) is 0.148. The van der Waals surface area contributed by atoms with Crippen LogP contribution in [-0.4, -0.2) is 16.6 Å². The van der Waals surface area contributed by atoms with Gasteiger partial charge in [0.1, 0.15) is 17.2 Å². The number of ether oxygens (including phenoxy) is 1. The Labute approximate surface area is 204 Å². The Balaban J connectivity index is 1.87. The number of nitrogens with zero attached hydrogens (tertiary/aromatic N) is 1. The molecule has 4 rings (SSSR count). The number of hydrogen-bond acceptors (Lipinski definition) is 4. The first kappa shape index (κ1) is 24.1. The highest BCUT2D eigenvalue weighted by molar-refractivity contribution is 6.33. The van der Waals surface area contributed by atoms with Crippen LogP contribution in [0.15, 0.2) is 59.4 Å². The number of esters is 1. The molecule has 0 aliphatic carbocycles. The molecule has 35 heavy (non-hydrogen) atoms. The summed E-state index contributed by atoms with van der Waals surface area (Å²) in [5.74, 6) is -2.63. The largest absolute Gasteiger partial charge is 0.456 e. The summed E-state index contributed by atoms with van der Waals surface area (Å²) in [7, 11) is 0. The summed E-state index contributed by atoms with van der Waals surface area (Å²) in [6, 6.07) is 14.4. The summed E-state index contributed by atoms with van der Waals surface area (Å²) in [6.45, 7) is 5.13. The van der Waals surface area contributed by atoms with E-state index in [1.54, 1.807) is 20.8 Å². The molecule has 0 radical (unpaired) electrons. The van der Waals surface area contributed by atoms with Gasteiger partial charge in [-0.25, -0.2) is 13.6 Å². The van der Waals surface area contributed by atoms with Gasteiger partial charge in [0.05, 0.1) is 39.4 Å². The van der Waals surface area contributed by atoms with E-state index in [1.807, 2.05) is 6.07 Å². The van der Waals surface area contributed by atoms with Crippen LogP contribution in [0.4, 0.5) is 8.78 Å². The summed E-state index contributed by atoms with van der Waals surface area (Å²) in [5, 5.41) is 9.07. The predicted molar refractivity (Wildman–Crippen MR) is 130 cm³/mol. The zero-order chi connectivity index (χ0) is 25.5. The quantitative estimate of drug-likeness (QED) is 0.326. The van der Waals surface area contributed by atoms with Crippen LogP contribution in [0.5, 0.6) is 0 Å². The molecule has 0 bridgehead atoms. The van der Waals surface area contributed by atoms with Gasteiger partial charge < -0.3 is 9.72 Å². The van der Waals surface area contributed by atoms with Gasteiger partial charge in [0, 0.05) is 16.7 Å². The minimum absolute atomic E-state index is 0.0759. The van der Waals surface area contributed by atoms with Crippen LogP contribution in [-0.2, 0) is 4.74 Å². The lowest BCUT2D eigenvalue weighted by atomic mass is 9.98. The van der Waals surface area contributed by atoms with Gasteiger partial charge >= 0.3 is 5.97 Å². The third-order valence-corrected chi connectivity index (χ3v) is 5.51. The minimum atomic E-state index is -1.06. The molecule has 0 atom stereocenters. The van der Waals surface area contributed by atoms with Crippen molar-refractivity contribution in [2.45, 2.75) is 26.4 Å². The number of rotatable bonds is 3. The van der Waals surface area contributed by atoms with Crippen LogP contribution in [0.1, 0.15) is 36.7 Å². The maximum absolute atomic E-state index is 15.6. The molecule has 3 aromatic carbocycles. The van der Waals surface area contributed by atoms with Crippen LogP contribution >= 0.6 is 11.6 Å². The van der Waals surface area contributed by atoms with Gasteiger partial charge in [0.15, 0.2) is 5.43 Å². The third kappa shape index (κ3) is 4.79. The van der Waals surface area contributed by atoms with E-state index in [0.717, 1.165) is 12.1 Å². The first-order valence-corrected chi connectivity index (χ1v) is 10.9. The highest BCUT2D eigenvalue weighted by atomic mass is 35.5. The Bertz CT molecular complexity index is 1600. The summed E-state index contributed by atoms with van der Waals surface area (Å²) >= 11 is 6.22. The van der Waals surface area contributed by atoms with E-state index < -0.39 is 34.2 Å². The number of nitrogens with one attached hydrogen (secondary N) is 1. The summed E-state index contributed by atoms with van der Waals surface area (Å²) < 4.78 is 36.1. The van der Waals surface area contributed by atoms with Gasteiger partial charge in [-0.05, 0) is 62.7 Å². The van der Waals surface area contributed by atoms with Gasteiger partial charge in [-0.15, -0.1) is 0 Å². The number of fused-ring (bicyclic) bond motifs is 1. The molecule has 0 spiro atoms. The van der Waals surface area contributed by atoms with Crippen molar-refractivity contribution < 1.29 is 18.3 Å². The number of hydrogen-bond donors (Lipinski definition) is 1. The number of aromatic amines is 1. The van der Waals surface area contributed by atoms with Crippen molar-refractivity contribution in [3.05, 3.63) is 92.6 Å². The standard InChI is InChI=1S/C27H19ClF2N2O3/c1-27(2,3)35-26(34)16-6-4-5-15(10-16)23-19(29)11-21-24(25(23)30)22(33)12-20(32-21)17-9-14(13-31)7-8-18(17)28/h4-12H,1-3H3,(H,32,33). The minimum Gasteiger partial charge on any atom is -0.456 e. The van der Waals surface area contributed by atoms with Crippen LogP contribution in [0, 0.1) is 23.0 Å². The van der Waals surface area contributed by atoms with E-state index in [1.165, 1.54) is 42.5 Å². The van der Waals surface area contributed by atoms with Crippen LogP contribution in [0.3, 0.4) is 0 Å². The van der Waals surface area contributed by atoms with Gasteiger partial charge in [-0.2, -0.15) is 5.26 Å². The molecule has 1 N–H and O–H groups in total. The number of carbonyl (C=O) groups is 1. The first-order chi connectivity index (χ1) is 16.5. The Morgan fingerprint density at radius 2 is 1.83 bits per heavy atom. The zero-order valence-corrected chi connectivity index (χ0v) is 19.8. The number of pyridine rings is 1. The SMILES string of the molecule is CC(C)(C)OC(=O)c1cccc(-c2c(F)cc3[nH]c(-c4cc(C#N)ccc4Cl)cc(=O)c3c2F)c1. The van der Waals surface area contributed by atoms with Crippen molar-refractivity contribution in [2.75, 3.05) is 0 Å². The molecule has 1 aromatic heterocycles. The topological polar surface area (TPSA) is 82.9 Å². The smallest absolute Gasteiger partial charge is 0.338 e. The zero-order valence-electron chi connectivity index (χ0n) is 19.0. The molecule has 176 valence electrons. The number of benzene rings is 3. The summed E-state index contributed by atoms with van der Waals surface area (Å²) in [4.78, 5) is 28.2. The van der Waals surface area contributed by atoms with E-state index in [4.69, 9.17) is 21.6 Å². The molecule has 0 amide bonds. The van der Waals surface area contributed by atoms with Crippen molar-refractivity contribution >= 4 is 28.5 Å². The fourth-order valence-electron chi connectivity index (χ4n) is 3.69.